The monoisotopic (exact) mass is 482 g/mol. The smallest absolute Gasteiger partial charge is 0.234 e. The molecular formula is C25H27FN4O3S. The fourth-order valence-corrected chi connectivity index (χ4v) is 5.20. The first-order valence-corrected chi connectivity index (χ1v) is 12.5. The van der Waals surface area contributed by atoms with E-state index in [0.29, 0.717) is 30.4 Å². The third-order valence-corrected chi connectivity index (χ3v) is 7.18. The highest BCUT2D eigenvalue weighted by Gasteiger charge is 2.39. The normalized spacial score (nSPS) is 19.0. The van der Waals surface area contributed by atoms with Crippen LogP contribution in [0.5, 0.6) is 11.5 Å². The molecule has 9 heteroatoms. The van der Waals surface area contributed by atoms with Gasteiger partial charge < -0.3 is 19.7 Å². The van der Waals surface area contributed by atoms with Crippen molar-refractivity contribution in [3.8, 4) is 11.5 Å². The summed E-state index contributed by atoms with van der Waals surface area (Å²) < 4.78 is 24.6. The number of aliphatic imine (C=N–C) groups is 2. The van der Waals surface area contributed by atoms with Crippen LogP contribution >= 0.6 is 11.8 Å². The van der Waals surface area contributed by atoms with E-state index in [0.717, 1.165) is 48.8 Å². The van der Waals surface area contributed by atoms with E-state index < -0.39 is 5.66 Å². The predicted octanol–water partition coefficient (Wildman–Crippen LogP) is 3.98. The third kappa shape index (κ3) is 4.95. The van der Waals surface area contributed by atoms with Gasteiger partial charge in [-0.2, -0.15) is 0 Å². The lowest BCUT2D eigenvalue weighted by atomic mass is 9.98. The highest BCUT2D eigenvalue weighted by Crippen LogP contribution is 2.36. The van der Waals surface area contributed by atoms with Crippen LogP contribution in [0.15, 0.2) is 52.4 Å². The van der Waals surface area contributed by atoms with Crippen molar-refractivity contribution in [2.45, 2.75) is 25.4 Å². The second-order valence-electron chi connectivity index (χ2n) is 8.50. The van der Waals surface area contributed by atoms with Gasteiger partial charge >= 0.3 is 0 Å². The number of carbonyl (C=O) groups excluding carboxylic acids is 1. The molecule has 2 aromatic rings. The van der Waals surface area contributed by atoms with Crippen molar-refractivity contribution in [3.05, 3.63) is 53.8 Å². The Morgan fingerprint density at radius 1 is 1.09 bits per heavy atom. The zero-order valence-corrected chi connectivity index (χ0v) is 19.9. The summed E-state index contributed by atoms with van der Waals surface area (Å²) in [6, 6.07) is 11.7. The van der Waals surface area contributed by atoms with Gasteiger partial charge in [0.05, 0.1) is 11.5 Å². The van der Waals surface area contributed by atoms with Crippen LogP contribution < -0.4 is 14.8 Å². The van der Waals surface area contributed by atoms with Gasteiger partial charge in [-0.25, -0.2) is 9.38 Å². The van der Waals surface area contributed by atoms with Crippen molar-refractivity contribution in [3.63, 3.8) is 0 Å². The molecule has 0 saturated carbocycles. The van der Waals surface area contributed by atoms with E-state index in [1.807, 2.05) is 0 Å². The van der Waals surface area contributed by atoms with Crippen molar-refractivity contribution < 1.29 is 18.7 Å². The van der Waals surface area contributed by atoms with Crippen LogP contribution in [0.1, 0.15) is 25.3 Å². The molecule has 7 nitrogen and oxygen atoms in total. The van der Waals surface area contributed by atoms with Crippen molar-refractivity contribution >= 4 is 34.1 Å². The number of piperidine rings is 1. The summed E-state index contributed by atoms with van der Waals surface area (Å²) in [7, 11) is 0. The van der Waals surface area contributed by atoms with Gasteiger partial charge in [0.15, 0.2) is 17.2 Å². The Bertz CT molecular complexity index is 1130. The van der Waals surface area contributed by atoms with Gasteiger partial charge in [-0.3, -0.25) is 9.79 Å². The number of nitrogens with one attached hydrogen (secondary N) is 1. The molecule has 0 atom stereocenters. The topological polar surface area (TPSA) is 75.5 Å². The van der Waals surface area contributed by atoms with E-state index in [1.165, 1.54) is 23.9 Å². The number of likely N-dealkylation sites (tertiary alicyclic amines) is 1. The number of amides is 1. The number of nitrogens with zero attached hydrogens (tertiary/aromatic N) is 3. The summed E-state index contributed by atoms with van der Waals surface area (Å²) in [5, 5.41) is 3.65. The van der Waals surface area contributed by atoms with E-state index in [4.69, 9.17) is 19.5 Å². The molecule has 1 amide bonds. The second-order valence-corrected chi connectivity index (χ2v) is 9.46. The number of ether oxygens (including phenoxy) is 2. The second kappa shape index (κ2) is 9.76. The van der Waals surface area contributed by atoms with E-state index in [9.17, 15) is 9.18 Å². The van der Waals surface area contributed by atoms with Crippen LogP contribution in [-0.2, 0) is 4.79 Å². The lowest BCUT2D eigenvalue weighted by Gasteiger charge is -2.34. The minimum absolute atomic E-state index is 0.149. The molecule has 1 spiro atoms. The Morgan fingerprint density at radius 3 is 2.56 bits per heavy atom. The van der Waals surface area contributed by atoms with E-state index in [2.05, 4.69) is 17.1 Å². The fourth-order valence-electron chi connectivity index (χ4n) is 4.32. The molecule has 0 unspecified atom stereocenters. The molecule has 0 radical (unpaired) electrons. The quantitative estimate of drug-likeness (QED) is 0.698. The van der Waals surface area contributed by atoms with Gasteiger partial charge in [0.2, 0.25) is 5.91 Å². The predicted molar refractivity (Wildman–Crippen MR) is 133 cm³/mol. The zero-order valence-electron chi connectivity index (χ0n) is 19.1. The van der Waals surface area contributed by atoms with Gasteiger partial charge in [0, 0.05) is 43.2 Å². The van der Waals surface area contributed by atoms with E-state index in [1.54, 1.807) is 30.3 Å². The molecule has 3 aliphatic heterocycles. The van der Waals surface area contributed by atoms with Crippen LogP contribution in [0.4, 0.5) is 10.1 Å². The summed E-state index contributed by atoms with van der Waals surface area (Å²) in [6.07, 6.45) is 1.66. The van der Waals surface area contributed by atoms with Crippen molar-refractivity contribution in [2.75, 3.05) is 43.9 Å². The van der Waals surface area contributed by atoms with Crippen molar-refractivity contribution in [1.82, 2.24) is 4.90 Å². The number of halogens is 1. The van der Waals surface area contributed by atoms with E-state index in [-0.39, 0.29) is 17.5 Å². The lowest BCUT2D eigenvalue weighted by molar-refractivity contribution is -0.113. The molecule has 178 valence electrons. The molecule has 5 rings (SSSR count). The average Bonchev–Trinajstić information content (AvgIpc) is 3.21. The van der Waals surface area contributed by atoms with Crippen LogP contribution in [0.2, 0.25) is 0 Å². The molecule has 1 N–H and O–H groups in total. The molecule has 2 aromatic carbocycles. The molecule has 3 heterocycles. The maximum atomic E-state index is 13.5. The molecule has 1 saturated heterocycles. The fraction of sp³-hybridized carbons (Fsp3) is 0.400. The first-order chi connectivity index (χ1) is 16.5. The van der Waals surface area contributed by atoms with Crippen LogP contribution in [0.25, 0.3) is 0 Å². The van der Waals surface area contributed by atoms with Crippen LogP contribution in [0, 0.1) is 5.82 Å². The Labute approximate surface area is 202 Å². The van der Waals surface area contributed by atoms with Crippen molar-refractivity contribution in [1.29, 1.82) is 0 Å². The SMILES string of the molecule is CCN1CCC2(CC1)N=C(SCC(=O)Nc1ccc3c(c1)OCCO3)C(c1ccc(F)cc1)=N2. The van der Waals surface area contributed by atoms with E-state index >= 15 is 0 Å². The number of hydrogen-bond donors (Lipinski definition) is 1. The number of fused-ring (bicyclic) bond motifs is 1. The number of benzene rings is 2. The molecular weight excluding hydrogens is 455 g/mol. The summed E-state index contributed by atoms with van der Waals surface area (Å²) >= 11 is 1.37. The highest BCUT2D eigenvalue weighted by atomic mass is 32.2. The average molecular weight is 483 g/mol. The van der Waals surface area contributed by atoms with Gasteiger partial charge in [0.25, 0.3) is 0 Å². The summed E-state index contributed by atoms with van der Waals surface area (Å²) in [4.78, 5) is 25.1. The number of hydrogen-bond acceptors (Lipinski definition) is 7. The largest absolute Gasteiger partial charge is 0.486 e. The Morgan fingerprint density at radius 2 is 1.82 bits per heavy atom. The summed E-state index contributed by atoms with van der Waals surface area (Å²) in [5.41, 5.74) is 1.71. The Kier molecular flexibility index (Phi) is 6.56. The third-order valence-electron chi connectivity index (χ3n) is 6.22. The maximum absolute atomic E-state index is 13.5. The standard InChI is InChI=1S/C25H27FN4O3S/c1-2-30-11-9-25(10-12-30)28-23(17-3-5-18(26)6-4-17)24(29-25)34-16-22(31)27-19-7-8-20-21(15-19)33-14-13-32-20/h3-8,15H,2,9-14,16H2,1H3,(H,27,31). The van der Waals surface area contributed by atoms with Gasteiger partial charge in [-0.15, -0.1) is 0 Å². The molecule has 0 aliphatic carbocycles. The summed E-state index contributed by atoms with van der Waals surface area (Å²) in [6.45, 7) is 6.04. The number of carbonyl (C=O) groups is 1. The first-order valence-electron chi connectivity index (χ1n) is 11.5. The number of anilines is 1. The lowest BCUT2D eigenvalue weighted by Crippen LogP contribution is -2.41. The minimum Gasteiger partial charge on any atom is -0.486 e. The summed E-state index contributed by atoms with van der Waals surface area (Å²) in [5.74, 6) is 1.05. The zero-order chi connectivity index (χ0) is 23.5. The Balaban J connectivity index is 1.29. The van der Waals surface area contributed by atoms with Crippen LogP contribution in [-0.4, -0.2) is 65.8 Å². The van der Waals surface area contributed by atoms with Crippen molar-refractivity contribution in [2.24, 2.45) is 9.98 Å². The van der Waals surface area contributed by atoms with Gasteiger partial charge in [-0.1, -0.05) is 18.7 Å². The van der Waals surface area contributed by atoms with Crippen LogP contribution in [0.3, 0.4) is 0 Å². The Hall–Kier alpha value is -2.91. The van der Waals surface area contributed by atoms with Gasteiger partial charge in [0.1, 0.15) is 24.1 Å². The molecule has 3 aliphatic rings. The molecule has 34 heavy (non-hydrogen) atoms. The number of rotatable bonds is 5. The highest BCUT2D eigenvalue weighted by molar-refractivity contribution is 8.16. The maximum Gasteiger partial charge on any atom is 0.234 e. The van der Waals surface area contributed by atoms with Gasteiger partial charge in [-0.05, 0) is 42.9 Å². The molecule has 0 bridgehead atoms. The number of thioether (sulfide) groups is 1. The minimum atomic E-state index is -0.496. The molecule has 1 fully saturated rings. The molecule has 0 aromatic heterocycles. The first kappa shape index (κ1) is 22.9.